The Balaban J connectivity index is 2.01. The number of hydrogen-bond donors (Lipinski definition) is 1. The summed E-state index contributed by atoms with van der Waals surface area (Å²) in [6.07, 6.45) is 5.41. The third kappa shape index (κ3) is 5.07. The SMILES string of the molecule is CNC(C)(C)COC(C)(C)Cn1cc(-c2cnc(C)nc2)nn1. The van der Waals surface area contributed by atoms with Crippen LogP contribution in [0.3, 0.4) is 0 Å². The van der Waals surface area contributed by atoms with Gasteiger partial charge in [-0.3, -0.25) is 0 Å². The van der Waals surface area contributed by atoms with E-state index in [-0.39, 0.29) is 11.1 Å². The zero-order valence-electron chi connectivity index (χ0n) is 14.8. The molecule has 0 aliphatic heterocycles. The fourth-order valence-electron chi connectivity index (χ4n) is 1.92. The molecule has 0 aliphatic rings. The highest BCUT2D eigenvalue weighted by molar-refractivity contribution is 5.54. The van der Waals surface area contributed by atoms with Gasteiger partial charge in [0.1, 0.15) is 11.5 Å². The molecular weight excluding hydrogens is 292 g/mol. The smallest absolute Gasteiger partial charge is 0.125 e. The Morgan fingerprint density at radius 2 is 1.83 bits per heavy atom. The second-order valence-electron chi connectivity index (χ2n) is 7.00. The van der Waals surface area contributed by atoms with Crippen molar-refractivity contribution in [2.24, 2.45) is 0 Å². The van der Waals surface area contributed by atoms with Gasteiger partial charge >= 0.3 is 0 Å². The molecule has 7 heteroatoms. The highest BCUT2D eigenvalue weighted by Gasteiger charge is 2.25. The van der Waals surface area contributed by atoms with Crippen LogP contribution >= 0.6 is 0 Å². The summed E-state index contributed by atoms with van der Waals surface area (Å²) in [6.45, 7) is 11.4. The van der Waals surface area contributed by atoms with Crippen LogP contribution in [-0.2, 0) is 11.3 Å². The lowest BCUT2D eigenvalue weighted by Gasteiger charge is -2.31. The van der Waals surface area contributed by atoms with Gasteiger partial charge in [0.25, 0.3) is 0 Å². The average molecular weight is 318 g/mol. The lowest BCUT2D eigenvalue weighted by Crippen LogP contribution is -2.44. The first-order valence-corrected chi connectivity index (χ1v) is 7.73. The fourth-order valence-corrected chi connectivity index (χ4v) is 1.92. The second kappa shape index (κ2) is 6.72. The molecule has 0 saturated carbocycles. The van der Waals surface area contributed by atoms with Crippen molar-refractivity contribution < 1.29 is 4.74 Å². The van der Waals surface area contributed by atoms with Gasteiger partial charge in [-0.2, -0.15) is 0 Å². The molecule has 23 heavy (non-hydrogen) atoms. The van der Waals surface area contributed by atoms with Crippen LogP contribution in [-0.4, -0.2) is 49.8 Å². The number of aryl methyl sites for hydroxylation is 1. The van der Waals surface area contributed by atoms with Crippen molar-refractivity contribution in [2.75, 3.05) is 13.7 Å². The van der Waals surface area contributed by atoms with E-state index >= 15 is 0 Å². The predicted molar refractivity (Wildman–Crippen MR) is 89.0 cm³/mol. The van der Waals surface area contributed by atoms with Crippen LogP contribution < -0.4 is 5.32 Å². The minimum Gasteiger partial charge on any atom is -0.372 e. The number of likely N-dealkylation sites (N-methyl/N-ethyl adjacent to an activating group) is 1. The highest BCUT2D eigenvalue weighted by Crippen LogP contribution is 2.18. The minimum atomic E-state index is -0.344. The summed E-state index contributed by atoms with van der Waals surface area (Å²) >= 11 is 0. The van der Waals surface area contributed by atoms with Crippen LogP contribution in [0.15, 0.2) is 18.6 Å². The van der Waals surface area contributed by atoms with Crippen LogP contribution in [0.25, 0.3) is 11.3 Å². The van der Waals surface area contributed by atoms with E-state index in [1.807, 2.05) is 20.2 Å². The van der Waals surface area contributed by atoms with Crippen molar-refractivity contribution in [3.05, 3.63) is 24.4 Å². The maximum Gasteiger partial charge on any atom is 0.125 e. The molecule has 0 saturated heterocycles. The Hall–Kier alpha value is -1.86. The number of rotatable bonds is 7. The Kier molecular flexibility index (Phi) is 5.11. The van der Waals surface area contributed by atoms with Crippen LogP contribution in [0.2, 0.25) is 0 Å². The van der Waals surface area contributed by atoms with E-state index < -0.39 is 0 Å². The van der Waals surface area contributed by atoms with E-state index in [2.05, 4.69) is 53.3 Å². The first kappa shape index (κ1) is 17.5. The predicted octanol–water partition coefficient (Wildman–Crippen LogP) is 1.84. The fraction of sp³-hybridized carbons (Fsp3) is 0.625. The Morgan fingerprint density at radius 3 is 2.43 bits per heavy atom. The summed E-state index contributed by atoms with van der Waals surface area (Å²) in [5.74, 6) is 0.739. The molecule has 2 rings (SSSR count). The molecule has 0 amide bonds. The van der Waals surface area contributed by atoms with Crippen LogP contribution in [0.1, 0.15) is 33.5 Å². The quantitative estimate of drug-likeness (QED) is 0.839. The summed E-state index contributed by atoms with van der Waals surface area (Å²) < 4.78 is 7.84. The molecule has 0 spiro atoms. The first-order chi connectivity index (χ1) is 10.7. The number of aromatic nitrogens is 5. The summed E-state index contributed by atoms with van der Waals surface area (Å²) in [5, 5.41) is 11.6. The van der Waals surface area contributed by atoms with Gasteiger partial charge < -0.3 is 10.1 Å². The topological polar surface area (TPSA) is 77.8 Å². The van der Waals surface area contributed by atoms with Crippen molar-refractivity contribution in [3.8, 4) is 11.3 Å². The van der Waals surface area contributed by atoms with E-state index in [0.29, 0.717) is 13.2 Å². The highest BCUT2D eigenvalue weighted by atomic mass is 16.5. The standard InChI is InChI=1S/C16H26N6O/c1-12-18-7-13(8-19-12)14-9-22(21-20-14)10-16(4,5)23-11-15(2,3)17-6/h7-9,17H,10-11H2,1-6H3. The molecular formula is C16H26N6O. The Morgan fingerprint density at radius 1 is 1.17 bits per heavy atom. The average Bonchev–Trinajstić information content (AvgIpc) is 2.94. The lowest BCUT2D eigenvalue weighted by atomic mass is 10.1. The molecule has 0 bridgehead atoms. The van der Waals surface area contributed by atoms with Crippen LogP contribution in [0.4, 0.5) is 0 Å². The van der Waals surface area contributed by atoms with E-state index in [9.17, 15) is 0 Å². The molecule has 0 aliphatic carbocycles. The van der Waals surface area contributed by atoms with Gasteiger partial charge in [0, 0.05) is 23.5 Å². The van der Waals surface area contributed by atoms with Gasteiger partial charge in [-0.15, -0.1) is 5.10 Å². The minimum absolute atomic E-state index is 0.0654. The van der Waals surface area contributed by atoms with Crippen LogP contribution in [0.5, 0.6) is 0 Å². The molecule has 2 heterocycles. The van der Waals surface area contributed by atoms with Gasteiger partial charge in [0.2, 0.25) is 0 Å². The van der Waals surface area contributed by atoms with Gasteiger partial charge in [0.05, 0.1) is 24.9 Å². The van der Waals surface area contributed by atoms with Crippen molar-refractivity contribution in [1.29, 1.82) is 0 Å². The molecule has 2 aromatic rings. The van der Waals surface area contributed by atoms with Gasteiger partial charge in [-0.25, -0.2) is 14.6 Å². The van der Waals surface area contributed by atoms with E-state index in [1.165, 1.54) is 0 Å². The first-order valence-electron chi connectivity index (χ1n) is 7.73. The third-order valence-corrected chi connectivity index (χ3v) is 3.66. The number of ether oxygens (including phenoxy) is 1. The Labute approximate surface area is 137 Å². The summed E-state index contributed by atoms with van der Waals surface area (Å²) in [6, 6.07) is 0. The molecule has 0 atom stereocenters. The summed E-state index contributed by atoms with van der Waals surface area (Å²) in [4.78, 5) is 8.37. The van der Waals surface area contributed by atoms with Gasteiger partial charge in [-0.05, 0) is 41.7 Å². The van der Waals surface area contributed by atoms with E-state index in [0.717, 1.165) is 17.1 Å². The molecule has 0 radical (unpaired) electrons. The van der Waals surface area contributed by atoms with E-state index in [1.54, 1.807) is 17.1 Å². The maximum absolute atomic E-state index is 6.04. The van der Waals surface area contributed by atoms with Crippen molar-refractivity contribution in [1.82, 2.24) is 30.3 Å². The van der Waals surface area contributed by atoms with E-state index in [4.69, 9.17) is 4.74 Å². The lowest BCUT2D eigenvalue weighted by molar-refractivity contribution is -0.0535. The van der Waals surface area contributed by atoms with Crippen molar-refractivity contribution >= 4 is 0 Å². The molecule has 1 N–H and O–H groups in total. The normalized spacial score (nSPS) is 12.6. The monoisotopic (exact) mass is 318 g/mol. The Bertz CT molecular complexity index is 632. The molecule has 7 nitrogen and oxygen atoms in total. The number of hydrogen-bond acceptors (Lipinski definition) is 6. The van der Waals surface area contributed by atoms with Gasteiger partial charge in [-0.1, -0.05) is 5.21 Å². The maximum atomic E-state index is 6.04. The summed E-state index contributed by atoms with van der Waals surface area (Å²) in [5.41, 5.74) is 1.21. The van der Waals surface area contributed by atoms with Gasteiger partial charge in [0.15, 0.2) is 0 Å². The van der Waals surface area contributed by atoms with Crippen molar-refractivity contribution in [2.45, 2.75) is 52.3 Å². The summed E-state index contributed by atoms with van der Waals surface area (Å²) in [7, 11) is 1.93. The number of nitrogens with zero attached hydrogens (tertiary/aromatic N) is 5. The molecule has 0 aromatic carbocycles. The molecule has 126 valence electrons. The van der Waals surface area contributed by atoms with Crippen LogP contribution in [0, 0.1) is 6.92 Å². The molecule has 2 aromatic heterocycles. The zero-order chi connectivity index (χ0) is 17.1. The third-order valence-electron chi connectivity index (χ3n) is 3.66. The van der Waals surface area contributed by atoms with Crippen molar-refractivity contribution in [3.63, 3.8) is 0 Å². The number of nitrogens with one attached hydrogen (secondary N) is 1. The molecule has 0 fully saturated rings. The largest absolute Gasteiger partial charge is 0.372 e. The zero-order valence-corrected chi connectivity index (χ0v) is 14.8. The second-order valence-corrected chi connectivity index (χ2v) is 7.00. The molecule has 0 unspecified atom stereocenters.